The normalized spacial score (nSPS) is 28.0. The molecule has 1 saturated carbocycles. The van der Waals surface area contributed by atoms with E-state index in [0.29, 0.717) is 5.92 Å². The lowest BCUT2D eigenvalue weighted by molar-refractivity contribution is 0.0757. The molecule has 6 heteroatoms. The molecule has 122 valence electrons. The summed E-state index contributed by atoms with van der Waals surface area (Å²) in [7, 11) is 1.96. The van der Waals surface area contributed by atoms with Crippen LogP contribution in [0.3, 0.4) is 0 Å². The van der Waals surface area contributed by atoms with E-state index in [1.807, 2.05) is 11.7 Å². The van der Waals surface area contributed by atoms with E-state index in [9.17, 15) is 4.79 Å². The summed E-state index contributed by atoms with van der Waals surface area (Å²) in [4.78, 5) is 15.0. The highest BCUT2D eigenvalue weighted by Crippen LogP contribution is 2.41. The molecule has 2 saturated heterocycles. The number of nitrogens with one attached hydrogen (secondary N) is 1. The third kappa shape index (κ3) is 2.76. The number of nitrogens with zero attached hydrogens (tertiary/aromatic N) is 3. The molecule has 22 heavy (non-hydrogen) atoms. The van der Waals surface area contributed by atoms with Crippen molar-refractivity contribution in [2.24, 2.45) is 18.9 Å². The molecule has 1 aromatic heterocycles. The minimum Gasteiger partial charge on any atom is -0.339 e. The minimum atomic E-state index is 0. The molecule has 2 atom stereocenters. The average molecular weight is 325 g/mol. The standard InChI is InChI=1S/C16H24N4O.ClH/c1-19-15(11-2-3-11)14(10-18-19)16(21)20-6-4-12-8-17-9-13(12)5-7-20;/h10-13,17H,2-9H2,1H3;1H/t12-,13+;. The second-order valence-electron chi connectivity index (χ2n) is 6.89. The van der Waals surface area contributed by atoms with Crippen molar-refractivity contribution < 1.29 is 4.79 Å². The number of fused-ring (bicyclic) bond motifs is 1. The molecule has 3 fully saturated rings. The predicted molar refractivity (Wildman–Crippen MR) is 87.4 cm³/mol. The molecule has 0 spiro atoms. The SMILES string of the molecule is Cl.Cn1ncc(C(=O)N2CC[C@@H]3CNC[C@@H]3CC2)c1C1CC1. The highest BCUT2D eigenvalue weighted by molar-refractivity contribution is 5.95. The lowest BCUT2D eigenvalue weighted by atomic mass is 9.92. The Labute approximate surface area is 137 Å². The van der Waals surface area contributed by atoms with Gasteiger partial charge in [-0.15, -0.1) is 12.4 Å². The molecule has 0 aromatic carbocycles. The Kier molecular flexibility index (Phi) is 4.46. The summed E-state index contributed by atoms with van der Waals surface area (Å²) >= 11 is 0. The number of aromatic nitrogens is 2. The summed E-state index contributed by atoms with van der Waals surface area (Å²) in [6.07, 6.45) is 6.47. The van der Waals surface area contributed by atoms with Gasteiger partial charge in [-0.3, -0.25) is 9.48 Å². The quantitative estimate of drug-likeness (QED) is 0.902. The van der Waals surface area contributed by atoms with E-state index in [1.54, 1.807) is 6.20 Å². The lowest BCUT2D eigenvalue weighted by Gasteiger charge is -2.21. The van der Waals surface area contributed by atoms with E-state index in [4.69, 9.17) is 0 Å². The second-order valence-corrected chi connectivity index (χ2v) is 6.89. The molecule has 0 bridgehead atoms. The van der Waals surface area contributed by atoms with E-state index >= 15 is 0 Å². The molecule has 1 aliphatic carbocycles. The number of hydrogen-bond donors (Lipinski definition) is 1. The van der Waals surface area contributed by atoms with Gasteiger partial charge in [0.15, 0.2) is 0 Å². The summed E-state index contributed by atoms with van der Waals surface area (Å²) in [6, 6.07) is 0. The number of rotatable bonds is 2. The monoisotopic (exact) mass is 324 g/mol. The van der Waals surface area contributed by atoms with Gasteiger partial charge in [0, 0.05) is 26.1 Å². The maximum Gasteiger partial charge on any atom is 0.257 e. The van der Waals surface area contributed by atoms with Gasteiger partial charge in [-0.1, -0.05) is 0 Å². The summed E-state index contributed by atoms with van der Waals surface area (Å²) in [5.74, 6) is 2.30. The van der Waals surface area contributed by atoms with Crippen molar-refractivity contribution in [1.29, 1.82) is 0 Å². The van der Waals surface area contributed by atoms with Crippen LogP contribution in [-0.2, 0) is 7.05 Å². The van der Waals surface area contributed by atoms with Crippen molar-refractivity contribution >= 4 is 18.3 Å². The van der Waals surface area contributed by atoms with Crippen LogP contribution in [0, 0.1) is 11.8 Å². The summed E-state index contributed by atoms with van der Waals surface area (Å²) in [5, 5.41) is 7.82. The fourth-order valence-corrected chi connectivity index (χ4v) is 4.04. The molecule has 3 aliphatic rings. The van der Waals surface area contributed by atoms with Gasteiger partial charge in [0.25, 0.3) is 5.91 Å². The smallest absolute Gasteiger partial charge is 0.257 e. The van der Waals surface area contributed by atoms with Crippen LogP contribution < -0.4 is 5.32 Å². The Hall–Kier alpha value is -1.07. The van der Waals surface area contributed by atoms with Gasteiger partial charge >= 0.3 is 0 Å². The Balaban J connectivity index is 0.00000144. The molecule has 1 N–H and O–H groups in total. The van der Waals surface area contributed by atoms with Crippen molar-refractivity contribution in [3.63, 3.8) is 0 Å². The molecule has 2 aliphatic heterocycles. The van der Waals surface area contributed by atoms with Gasteiger partial charge in [0.2, 0.25) is 0 Å². The number of likely N-dealkylation sites (tertiary alicyclic amines) is 1. The van der Waals surface area contributed by atoms with Crippen molar-refractivity contribution in [3.05, 3.63) is 17.5 Å². The third-order valence-corrected chi connectivity index (χ3v) is 5.49. The summed E-state index contributed by atoms with van der Waals surface area (Å²) < 4.78 is 1.90. The molecule has 1 amide bonds. The molecular weight excluding hydrogens is 300 g/mol. The topological polar surface area (TPSA) is 50.2 Å². The van der Waals surface area contributed by atoms with Crippen molar-refractivity contribution in [1.82, 2.24) is 20.0 Å². The van der Waals surface area contributed by atoms with Crippen LogP contribution in [0.5, 0.6) is 0 Å². The van der Waals surface area contributed by atoms with Crippen LogP contribution >= 0.6 is 12.4 Å². The summed E-state index contributed by atoms with van der Waals surface area (Å²) in [5.41, 5.74) is 2.01. The summed E-state index contributed by atoms with van der Waals surface area (Å²) in [6.45, 7) is 4.07. The van der Waals surface area contributed by atoms with Gasteiger partial charge in [0.05, 0.1) is 17.5 Å². The molecule has 3 heterocycles. The number of halogens is 1. The first-order valence-corrected chi connectivity index (χ1v) is 8.26. The van der Waals surface area contributed by atoms with Crippen molar-refractivity contribution in [2.45, 2.75) is 31.6 Å². The average Bonchev–Trinajstić information content (AvgIpc) is 3.16. The first kappa shape index (κ1) is 15.8. The molecule has 1 aromatic rings. The fourth-order valence-electron chi connectivity index (χ4n) is 4.04. The van der Waals surface area contributed by atoms with E-state index < -0.39 is 0 Å². The van der Waals surface area contributed by atoms with E-state index in [-0.39, 0.29) is 18.3 Å². The minimum absolute atomic E-state index is 0. The highest BCUT2D eigenvalue weighted by Gasteiger charge is 2.35. The highest BCUT2D eigenvalue weighted by atomic mass is 35.5. The Morgan fingerprint density at radius 1 is 1.18 bits per heavy atom. The van der Waals surface area contributed by atoms with Crippen molar-refractivity contribution in [3.8, 4) is 0 Å². The van der Waals surface area contributed by atoms with Crippen LogP contribution in [0.2, 0.25) is 0 Å². The molecule has 5 nitrogen and oxygen atoms in total. The lowest BCUT2D eigenvalue weighted by Crippen LogP contribution is -2.33. The third-order valence-electron chi connectivity index (χ3n) is 5.49. The van der Waals surface area contributed by atoms with Gasteiger partial charge < -0.3 is 10.2 Å². The van der Waals surface area contributed by atoms with Gasteiger partial charge in [-0.25, -0.2) is 0 Å². The number of carbonyl (C=O) groups is 1. The van der Waals surface area contributed by atoms with E-state index in [2.05, 4.69) is 15.3 Å². The molecular formula is C16H25ClN4O. The zero-order valence-electron chi connectivity index (χ0n) is 13.1. The maximum absolute atomic E-state index is 12.9. The molecule has 0 radical (unpaired) electrons. The van der Waals surface area contributed by atoms with Crippen LogP contribution in [0.1, 0.15) is 47.7 Å². The van der Waals surface area contributed by atoms with Gasteiger partial charge in [-0.2, -0.15) is 5.10 Å². The van der Waals surface area contributed by atoms with E-state index in [1.165, 1.54) is 12.8 Å². The van der Waals surface area contributed by atoms with Gasteiger partial charge in [0.1, 0.15) is 0 Å². The number of aryl methyl sites for hydroxylation is 1. The second kappa shape index (κ2) is 6.20. The molecule has 0 unspecified atom stereocenters. The number of amides is 1. The predicted octanol–water partition coefficient (Wildman–Crippen LogP) is 1.79. The Bertz CT molecular complexity index is 540. The molecule has 4 rings (SSSR count). The zero-order chi connectivity index (χ0) is 14.4. The first-order valence-electron chi connectivity index (χ1n) is 8.26. The van der Waals surface area contributed by atoms with Crippen LogP contribution in [0.25, 0.3) is 0 Å². The van der Waals surface area contributed by atoms with Crippen LogP contribution in [0.15, 0.2) is 6.20 Å². The van der Waals surface area contributed by atoms with Crippen molar-refractivity contribution in [2.75, 3.05) is 26.2 Å². The van der Waals surface area contributed by atoms with Crippen LogP contribution in [0.4, 0.5) is 0 Å². The fraction of sp³-hybridized carbons (Fsp3) is 0.750. The Morgan fingerprint density at radius 2 is 1.82 bits per heavy atom. The van der Waals surface area contributed by atoms with E-state index in [0.717, 1.165) is 62.1 Å². The van der Waals surface area contributed by atoms with Gasteiger partial charge in [-0.05, 0) is 50.6 Å². The van der Waals surface area contributed by atoms with Crippen LogP contribution in [-0.4, -0.2) is 46.8 Å². The number of hydrogen-bond acceptors (Lipinski definition) is 3. The first-order chi connectivity index (χ1) is 10.2. The largest absolute Gasteiger partial charge is 0.339 e. The Morgan fingerprint density at radius 3 is 2.41 bits per heavy atom. The maximum atomic E-state index is 12.9. The zero-order valence-corrected chi connectivity index (χ0v) is 13.9. The number of carbonyl (C=O) groups excluding carboxylic acids is 1.